The minimum absolute atomic E-state index is 0.272. The maximum Gasteiger partial charge on any atom is 0.260 e. The maximum atomic E-state index is 12.9. The van der Waals surface area contributed by atoms with Gasteiger partial charge in [-0.05, 0) is 18.6 Å². The van der Waals surface area contributed by atoms with E-state index in [-0.39, 0.29) is 18.1 Å². The van der Waals surface area contributed by atoms with Crippen LogP contribution in [-0.4, -0.2) is 21.1 Å². The Bertz CT molecular complexity index is 941. The van der Waals surface area contributed by atoms with Gasteiger partial charge in [0.15, 0.2) is 10.7 Å². The predicted molar refractivity (Wildman–Crippen MR) is 83.3 cm³/mol. The van der Waals surface area contributed by atoms with Crippen molar-refractivity contribution in [2.75, 3.05) is 0 Å². The van der Waals surface area contributed by atoms with E-state index in [1.807, 2.05) is 36.4 Å². The molecule has 1 aromatic heterocycles. The monoisotopic (exact) mass is 297 g/mol. The molecule has 0 bridgehead atoms. The molecule has 0 saturated carbocycles. The van der Waals surface area contributed by atoms with E-state index in [1.165, 1.54) is 0 Å². The second-order valence-electron chi connectivity index (χ2n) is 5.34. The number of fused-ring (bicyclic) bond motifs is 3. The van der Waals surface area contributed by atoms with E-state index in [0.717, 1.165) is 16.3 Å². The van der Waals surface area contributed by atoms with Gasteiger partial charge in [0, 0.05) is 16.3 Å². The highest BCUT2D eigenvalue weighted by atomic mass is 35.5. The van der Waals surface area contributed by atoms with E-state index in [2.05, 4.69) is 0 Å². The third kappa shape index (κ3) is 1.34. The predicted octanol–water partition coefficient (Wildman–Crippen LogP) is 4.02. The van der Waals surface area contributed by atoms with Gasteiger partial charge in [-0.2, -0.15) is 0 Å². The first-order valence-electron chi connectivity index (χ1n) is 6.90. The Hall–Kier alpha value is -2.13. The van der Waals surface area contributed by atoms with E-state index in [9.17, 15) is 9.59 Å². The SMILES string of the molecule is CCC1(Cl)C(=O)c2cccc3c4ccccc4n(c23)C1=O. The summed E-state index contributed by atoms with van der Waals surface area (Å²) < 4.78 is 1.61. The highest BCUT2D eigenvalue weighted by Crippen LogP contribution is 2.40. The summed E-state index contributed by atoms with van der Waals surface area (Å²) in [5, 5.41) is 1.88. The minimum Gasteiger partial charge on any atom is -0.291 e. The molecule has 104 valence electrons. The average Bonchev–Trinajstić information content (AvgIpc) is 2.86. The zero-order chi connectivity index (χ0) is 14.8. The molecule has 0 amide bonds. The summed E-state index contributed by atoms with van der Waals surface area (Å²) in [5.41, 5.74) is 2.01. The molecule has 4 heteroatoms. The summed E-state index contributed by atoms with van der Waals surface area (Å²) in [5.74, 6) is -0.640. The number of para-hydroxylation sites is 2. The van der Waals surface area contributed by atoms with Crippen molar-refractivity contribution < 1.29 is 9.59 Å². The summed E-state index contributed by atoms with van der Waals surface area (Å²) >= 11 is 6.41. The molecular formula is C17H12ClNO2. The number of halogens is 1. The zero-order valence-electron chi connectivity index (χ0n) is 11.4. The second-order valence-corrected chi connectivity index (χ2v) is 5.99. The van der Waals surface area contributed by atoms with Crippen molar-refractivity contribution in [3.8, 4) is 0 Å². The molecular weight excluding hydrogens is 286 g/mol. The topological polar surface area (TPSA) is 39.1 Å². The molecule has 1 atom stereocenters. The lowest BCUT2D eigenvalue weighted by atomic mass is 9.89. The van der Waals surface area contributed by atoms with E-state index < -0.39 is 4.87 Å². The fraction of sp³-hybridized carbons (Fsp3) is 0.176. The van der Waals surface area contributed by atoms with Crippen LogP contribution in [0, 0.1) is 0 Å². The number of carbonyl (C=O) groups is 2. The van der Waals surface area contributed by atoms with Gasteiger partial charge in [-0.25, -0.2) is 0 Å². The molecule has 0 saturated heterocycles. The lowest BCUT2D eigenvalue weighted by Crippen LogP contribution is -2.47. The van der Waals surface area contributed by atoms with Gasteiger partial charge < -0.3 is 0 Å². The molecule has 0 aliphatic carbocycles. The third-order valence-corrected chi connectivity index (χ3v) is 4.93. The first-order chi connectivity index (χ1) is 10.1. The Kier molecular flexibility index (Phi) is 2.37. The second kappa shape index (κ2) is 3.95. The van der Waals surface area contributed by atoms with E-state index in [0.29, 0.717) is 11.1 Å². The maximum absolute atomic E-state index is 12.9. The largest absolute Gasteiger partial charge is 0.291 e. The van der Waals surface area contributed by atoms with Gasteiger partial charge in [0.05, 0.1) is 11.0 Å². The number of alkyl halides is 1. The number of ketones is 1. The Morgan fingerprint density at radius 1 is 1.05 bits per heavy atom. The van der Waals surface area contributed by atoms with Crippen LogP contribution in [0.5, 0.6) is 0 Å². The molecule has 3 aromatic rings. The molecule has 0 fully saturated rings. The third-order valence-electron chi connectivity index (χ3n) is 4.33. The van der Waals surface area contributed by atoms with Crippen LogP contribution in [0.4, 0.5) is 0 Å². The van der Waals surface area contributed by atoms with Crippen LogP contribution in [0.25, 0.3) is 21.8 Å². The van der Waals surface area contributed by atoms with E-state index in [4.69, 9.17) is 11.6 Å². The van der Waals surface area contributed by atoms with Gasteiger partial charge in [0.2, 0.25) is 0 Å². The van der Waals surface area contributed by atoms with Crippen molar-refractivity contribution in [1.82, 2.24) is 4.57 Å². The van der Waals surface area contributed by atoms with Gasteiger partial charge in [-0.3, -0.25) is 14.2 Å². The molecule has 3 nitrogen and oxygen atoms in total. The number of aromatic nitrogens is 1. The van der Waals surface area contributed by atoms with Gasteiger partial charge in [-0.15, -0.1) is 0 Å². The molecule has 0 spiro atoms. The molecule has 0 N–H and O–H groups in total. The van der Waals surface area contributed by atoms with Crippen LogP contribution < -0.4 is 0 Å². The number of hydrogen-bond acceptors (Lipinski definition) is 2. The van der Waals surface area contributed by atoms with Crippen LogP contribution in [-0.2, 0) is 0 Å². The first kappa shape index (κ1) is 12.6. The minimum atomic E-state index is -1.50. The van der Waals surface area contributed by atoms with Crippen LogP contribution in [0.15, 0.2) is 42.5 Å². The summed E-state index contributed by atoms with van der Waals surface area (Å²) in [6.45, 7) is 1.76. The smallest absolute Gasteiger partial charge is 0.260 e. The van der Waals surface area contributed by atoms with Crippen LogP contribution in [0.1, 0.15) is 28.5 Å². The number of Topliss-reactive ketones (excluding diaryl/α,β-unsaturated/α-hetero) is 1. The summed E-state index contributed by atoms with van der Waals surface area (Å²) in [6, 6.07) is 13.2. The zero-order valence-corrected chi connectivity index (χ0v) is 12.1. The number of carbonyl (C=O) groups excluding carboxylic acids is 2. The van der Waals surface area contributed by atoms with Crippen LogP contribution >= 0.6 is 11.6 Å². The van der Waals surface area contributed by atoms with Gasteiger partial charge in [0.1, 0.15) is 0 Å². The molecule has 1 aliphatic rings. The van der Waals surface area contributed by atoms with Crippen molar-refractivity contribution in [2.24, 2.45) is 0 Å². The molecule has 2 aromatic carbocycles. The Labute approximate surface area is 126 Å². The number of benzene rings is 2. The highest BCUT2D eigenvalue weighted by Gasteiger charge is 2.48. The van der Waals surface area contributed by atoms with Crippen molar-refractivity contribution in [1.29, 1.82) is 0 Å². The summed E-state index contributed by atoms with van der Waals surface area (Å²) in [4.78, 5) is 24.0. The van der Waals surface area contributed by atoms with Gasteiger partial charge >= 0.3 is 0 Å². The Morgan fingerprint density at radius 3 is 2.52 bits per heavy atom. The molecule has 4 rings (SSSR count). The summed E-state index contributed by atoms with van der Waals surface area (Å²) in [6.07, 6.45) is 0.272. The normalized spacial score (nSPS) is 21.4. The summed E-state index contributed by atoms with van der Waals surface area (Å²) in [7, 11) is 0. The molecule has 21 heavy (non-hydrogen) atoms. The van der Waals surface area contributed by atoms with Crippen molar-refractivity contribution in [2.45, 2.75) is 18.2 Å². The van der Waals surface area contributed by atoms with Crippen LogP contribution in [0.2, 0.25) is 0 Å². The number of rotatable bonds is 1. The molecule has 1 aliphatic heterocycles. The number of nitrogens with zero attached hydrogens (tertiary/aromatic N) is 1. The molecule has 2 heterocycles. The standard InChI is InChI=1S/C17H12ClNO2/c1-2-17(18)15(20)12-8-5-7-11-10-6-3-4-9-13(10)19(14(11)12)16(17)21/h3-9H,2H2,1H3. The quantitative estimate of drug-likeness (QED) is 0.503. The van der Waals surface area contributed by atoms with E-state index >= 15 is 0 Å². The van der Waals surface area contributed by atoms with Crippen LogP contribution in [0.3, 0.4) is 0 Å². The van der Waals surface area contributed by atoms with Gasteiger partial charge in [-0.1, -0.05) is 48.9 Å². The fourth-order valence-corrected chi connectivity index (χ4v) is 3.40. The van der Waals surface area contributed by atoms with Gasteiger partial charge in [0.25, 0.3) is 5.91 Å². The first-order valence-corrected chi connectivity index (χ1v) is 7.28. The fourth-order valence-electron chi connectivity index (χ4n) is 3.21. The average molecular weight is 298 g/mol. The lowest BCUT2D eigenvalue weighted by molar-refractivity contribution is 0.0771. The molecule has 1 unspecified atom stereocenters. The molecule has 0 radical (unpaired) electrons. The lowest BCUT2D eigenvalue weighted by Gasteiger charge is -2.28. The number of hydrogen-bond donors (Lipinski definition) is 0. The van der Waals surface area contributed by atoms with E-state index in [1.54, 1.807) is 17.6 Å². The van der Waals surface area contributed by atoms with Crippen molar-refractivity contribution in [3.63, 3.8) is 0 Å². The Balaban J connectivity index is 2.29. The highest BCUT2D eigenvalue weighted by molar-refractivity contribution is 6.52. The van der Waals surface area contributed by atoms with Crippen molar-refractivity contribution >= 4 is 45.1 Å². The Morgan fingerprint density at radius 2 is 1.76 bits per heavy atom. The van der Waals surface area contributed by atoms with Crippen molar-refractivity contribution in [3.05, 3.63) is 48.0 Å².